The normalized spacial score (nSPS) is 10.3. The Balaban J connectivity index is 1.55. The van der Waals surface area contributed by atoms with Crippen molar-refractivity contribution in [3.8, 4) is 11.3 Å². The van der Waals surface area contributed by atoms with Gasteiger partial charge >= 0.3 is 5.97 Å². The minimum absolute atomic E-state index is 0.267. The molecular weight excluding hydrogens is 345 g/mol. The molecule has 126 valence electrons. The van der Waals surface area contributed by atoms with E-state index in [4.69, 9.17) is 4.74 Å². The molecule has 0 saturated carbocycles. The van der Waals surface area contributed by atoms with Crippen molar-refractivity contribution in [1.82, 2.24) is 9.97 Å². The molecule has 0 unspecified atom stereocenters. The fraction of sp³-hybridized carbons (Fsp3) is 0.0588. The Labute approximate surface area is 146 Å². The summed E-state index contributed by atoms with van der Waals surface area (Å²) in [5.74, 6) is -1.46. The smallest absolute Gasteiger partial charge is 0.340 e. The van der Waals surface area contributed by atoms with Crippen LogP contribution >= 0.6 is 11.3 Å². The highest BCUT2D eigenvalue weighted by Crippen LogP contribution is 2.24. The fourth-order valence-corrected chi connectivity index (χ4v) is 2.67. The van der Waals surface area contributed by atoms with Crippen LogP contribution in [0.25, 0.3) is 11.3 Å². The van der Waals surface area contributed by atoms with Crippen LogP contribution in [-0.4, -0.2) is 28.5 Å². The van der Waals surface area contributed by atoms with Crippen molar-refractivity contribution in [1.29, 1.82) is 0 Å². The number of thiazole rings is 1. The molecule has 2 heterocycles. The van der Waals surface area contributed by atoms with Crippen molar-refractivity contribution < 1.29 is 18.7 Å². The van der Waals surface area contributed by atoms with Gasteiger partial charge in [0.05, 0.1) is 11.3 Å². The van der Waals surface area contributed by atoms with E-state index in [1.165, 1.54) is 35.9 Å². The third kappa shape index (κ3) is 4.45. The number of pyridine rings is 1. The summed E-state index contributed by atoms with van der Waals surface area (Å²) in [6, 6.07) is 9.03. The molecule has 3 rings (SSSR count). The van der Waals surface area contributed by atoms with Gasteiger partial charge in [0.15, 0.2) is 11.7 Å². The van der Waals surface area contributed by atoms with E-state index in [0.29, 0.717) is 10.8 Å². The first-order chi connectivity index (χ1) is 12.1. The Morgan fingerprint density at radius 3 is 2.72 bits per heavy atom. The van der Waals surface area contributed by atoms with Gasteiger partial charge in [-0.2, -0.15) is 0 Å². The van der Waals surface area contributed by atoms with Crippen molar-refractivity contribution in [2.24, 2.45) is 0 Å². The van der Waals surface area contributed by atoms with Gasteiger partial charge in [-0.3, -0.25) is 15.1 Å². The zero-order valence-electron chi connectivity index (χ0n) is 12.8. The number of halogens is 1. The van der Waals surface area contributed by atoms with E-state index in [2.05, 4.69) is 15.3 Å². The molecule has 25 heavy (non-hydrogen) atoms. The molecule has 1 aromatic carbocycles. The van der Waals surface area contributed by atoms with Gasteiger partial charge in [-0.25, -0.2) is 14.2 Å². The lowest BCUT2D eigenvalue weighted by atomic mass is 10.2. The van der Waals surface area contributed by atoms with Crippen molar-refractivity contribution in [3.05, 3.63) is 65.6 Å². The third-order valence-electron chi connectivity index (χ3n) is 3.12. The highest BCUT2D eigenvalue weighted by Gasteiger charge is 2.12. The molecule has 1 N–H and O–H groups in total. The molecule has 3 aromatic rings. The summed E-state index contributed by atoms with van der Waals surface area (Å²) in [5, 5.41) is 4.66. The number of anilines is 1. The maximum atomic E-state index is 12.9. The van der Waals surface area contributed by atoms with Gasteiger partial charge < -0.3 is 4.74 Å². The number of carbonyl (C=O) groups excluding carboxylic acids is 2. The molecule has 6 nitrogen and oxygen atoms in total. The van der Waals surface area contributed by atoms with E-state index in [9.17, 15) is 14.0 Å². The molecule has 0 aliphatic rings. The van der Waals surface area contributed by atoms with Crippen LogP contribution in [-0.2, 0) is 9.53 Å². The molecule has 8 heteroatoms. The van der Waals surface area contributed by atoms with Crippen molar-refractivity contribution in [2.75, 3.05) is 11.9 Å². The van der Waals surface area contributed by atoms with Crippen LogP contribution in [0.2, 0.25) is 0 Å². The lowest BCUT2D eigenvalue weighted by Crippen LogP contribution is -2.20. The molecule has 1 amide bonds. The van der Waals surface area contributed by atoms with Crippen LogP contribution in [0.4, 0.5) is 9.52 Å². The summed E-state index contributed by atoms with van der Waals surface area (Å²) in [6.45, 7) is -0.431. The molecule has 0 spiro atoms. The lowest BCUT2D eigenvalue weighted by Gasteiger charge is -2.04. The SMILES string of the molecule is O=C(COC(=O)c1cccnc1)Nc1nc(-c2ccc(F)cc2)cs1. The second-order valence-electron chi connectivity index (χ2n) is 4.91. The van der Waals surface area contributed by atoms with E-state index in [-0.39, 0.29) is 11.4 Å². The van der Waals surface area contributed by atoms with Gasteiger partial charge in [0, 0.05) is 23.3 Å². The minimum Gasteiger partial charge on any atom is -0.452 e. The van der Waals surface area contributed by atoms with Crippen LogP contribution in [0.15, 0.2) is 54.2 Å². The Morgan fingerprint density at radius 1 is 1.20 bits per heavy atom. The van der Waals surface area contributed by atoms with E-state index in [0.717, 1.165) is 5.56 Å². The molecule has 0 aliphatic carbocycles. The topological polar surface area (TPSA) is 81.2 Å². The van der Waals surface area contributed by atoms with Gasteiger partial charge in [0.1, 0.15) is 5.82 Å². The van der Waals surface area contributed by atoms with Gasteiger partial charge in [-0.1, -0.05) is 0 Å². The summed E-state index contributed by atoms with van der Waals surface area (Å²) in [7, 11) is 0. The summed E-state index contributed by atoms with van der Waals surface area (Å²) in [5.41, 5.74) is 1.62. The number of benzene rings is 1. The number of hydrogen-bond acceptors (Lipinski definition) is 6. The monoisotopic (exact) mass is 357 g/mol. The first kappa shape index (κ1) is 16.7. The Kier molecular flexibility index (Phi) is 5.10. The largest absolute Gasteiger partial charge is 0.452 e. The summed E-state index contributed by atoms with van der Waals surface area (Å²) >= 11 is 1.22. The van der Waals surface area contributed by atoms with E-state index in [1.807, 2.05) is 0 Å². The molecule has 2 aromatic heterocycles. The molecule has 0 saturated heterocycles. The van der Waals surface area contributed by atoms with E-state index < -0.39 is 18.5 Å². The average molecular weight is 357 g/mol. The highest BCUT2D eigenvalue weighted by atomic mass is 32.1. The quantitative estimate of drug-likeness (QED) is 0.710. The second kappa shape index (κ2) is 7.63. The highest BCUT2D eigenvalue weighted by molar-refractivity contribution is 7.14. The van der Waals surface area contributed by atoms with Crippen LogP contribution in [0.3, 0.4) is 0 Å². The van der Waals surface area contributed by atoms with Crippen molar-refractivity contribution in [2.45, 2.75) is 0 Å². The maximum Gasteiger partial charge on any atom is 0.340 e. The zero-order chi connectivity index (χ0) is 17.6. The first-order valence-corrected chi connectivity index (χ1v) is 8.08. The van der Waals surface area contributed by atoms with Gasteiger partial charge in [-0.05, 0) is 36.4 Å². The standard InChI is InChI=1S/C17H12FN3O3S/c18-13-5-3-11(4-6-13)14-10-25-17(20-14)21-15(22)9-24-16(23)12-2-1-7-19-8-12/h1-8,10H,9H2,(H,20,21,22). The Bertz CT molecular complexity index is 882. The van der Waals surface area contributed by atoms with Crippen LogP contribution < -0.4 is 5.32 Å². The number of amides is 1. The number of aromatic nitrogens is 2. The third-order valence-corrected chi connectivity index (χ3v) is 3.88. The van der Waals surface area contributed by atoms with Crippen LogP contribution in [0.5, 0.6) is 0 Å². The summed E-state index contributed by atoms with van der Waals surface area (Å²) < 4.78 is 17.8. The second-order valence-corrected chi connectivity index (χ2v) is 5.77. The molecule has 0 fully saturated rings. The minimum atomic E-state index is -0.630. The maximum absolute atomic E-state index is 12.9. The average Bonchev–Trinajstić information content (AvgIpc) is 3.09. The van der Waals surface area contributed by atoms with Gasteiger partial charge in [0.2, 0.25) is 0 Å². The Morgan fingerprint density at radius 2 is 2.00 bits per heavy atom. The molecule has 0 atom stereocenters. The lowest BCUT2D eigenvalue weighted by molar-refractivity contribution is -0.119. The number of ether oxygens (including phenoxy) is 1. The first-order valence-electron chi connectivity index (χ1n) is 7.20. The van der Waals surface area contributed by atoms with Crippen LogP contribution in [0, 0.1) is 5.82 Å². The number of carbonyl (C=O) groups is 2. The molecule has 0 radical (unpaired) electrons. The number of rotatable bonds is 5. The van der Waals surface area contributed by atoms with E-state index >= 15 is 0 Å². The van der Waals surface area contributed by atoms with Crippen molar-refractivity contribution in [3.63, 3.8) is 0 Å². The van der Waals surface area contributed by atoms with E-state index in [1.54, 1.807) is 29.6 Å². The Hall–Kier alpha value is -3.13. The molecule has 0 bridgehead atoms. The van der Waals surface area contributed by atoms with Gasteiger partial charge in [0.25, 0.3) is 5.91 Å². The summed E-state index contributed by atoms with van der Waals surface area (Å²) in [6.07, 6.45) is 2.89. The molecule has 0 aliphatic heterocycles. The fourth-order valence-electron chi connectivity index (χ4n) is 1.94. The number of esters is 1. The number of nitrogens with one attached hydrogen (secondary N) is 1. The van der Waals surface area contributed by atoms with Gasteiger partial charge in [-0.15, -0.1) is 11.3 Å². The zero-order valence-corrected chi connectivity index (χ0v) is 13.6. The predicted octanol–water partition coefficient (Wildman–Crippen LogP) is 3.14. The van der Waals surface area contributed by atoms with Crippen LogP contribution in [0.1, 0.15) is 10.4 Å². The summed E-state index contributed by atoms with van der Waals surface area (Å²) in [4.78, 5) is 31.6. The number of hydrogen-bond donors (Lipinski definition) is 1. The molecular formula is C17H12FN3O3S. The number of nitrogens with zero attached hydrogens (tertiary/aromatic N) is 2. The van der Waals surface area contributed by atoms with Crippen molar-refractivity contribution >= 4 is 28.3 Å². The predicted molar refractivity (Wildman–Crippen MR) is 90.7 cm³/mol.